The average Bonchev–Trinajstić information content (AvgIpc) is 2.99. The number of ether oxygens (including phenoxy) is 3. The van der Waals surface area contributed by atoms with Crippen LogP contribution in [0.4, 0.5) is 0 Å². The van der Waals surface area contributed by atoms with E-state index < -0.39 is 0 Å². The summed E-state index contributed by atoms with van der Waals surface area (Å²) >= 11 is 0. The number of allylic oxidation sites excluding steroid dienone is 1. The molecule has 0 aliphatic heterocycles. The average molecular weight is 330 g/mol. The van der Waals surface area contributed by atoms with E-state index in [9.17, 15) is 4.79 Å². The van der Waals surface area contributed by atoms with E-state index in [1.165, 1.54) is 6.08 Å². The van der Waals surface area contributed by atoms with Gasteiger partial charge < -0.3 is 14.2 Å². The number of carbonyl (C=O) groups is 1. The third kappa shape index (κ3) is 3.42. The van der Waals surface area contributed by atoms with Gasteiger partial charge in [0.25, 0.3) is 0 Å². The predicted molar refractivity (Wildman–Crippen MR) is 92.1 cm³/mol. The molecule has 128 valence electrons. The topological polar surface area (TPSA) is 62.6 Å². The number of benzene rings is 1. The number of methoxy groups -OCH3 is 3. The highest BCUT2D eigenvalue weighted by Crippen LogP contribution is 2.35. The summed E-state index contributed by atoms with van der Waals surface area (Å²) in [6.07, 6.45) is 4.80. The van der Waals surface area contributed by atoms with Crippen LogP contribution >= 0.6 is 0 Å². The number of aromatic nitrogens is 2. The van der Waals surface area contributed by atoms with Crippen molar-refractivity contribution in [2.24, 2.45) is 0 Å². The molecule has 2 aromatic rings. The summed E-state index contributed by atoms with van der Waals surface area (Å²) in [6.45, 7) is 4.60. The molecule has 0 aliphatic carbocycles. The van der Waals surface area contributed by atoms with Gasteiger partial charge in [-0.1, -0.05) is 0 Å². The molecular formula is C18H22N2O4. The van der Waals surface area contributed by atoms with E-state index in [2.05, 4.69) is 5.10 Å². The first-order valence-corrected chi connectivity index (χ1v) is 7.60. The zero-order valence-electron chi connectivity index (χ0n) is 14.6. The predicted octanol–water partition coefficient (Wildman–Crippen LogP) is 3.13. The van der Waals surface area contributed by atoms with Crippen molar-refractivity contribution >= 4 is 11.9 Å². The summed E-state index contributed by atoms with van der Waals surface area (Å²) in [4.78, 5) is 12.4. The van der Waals surface area contributed by atoms with Crippen molar-refractivity contribution in [2.45, 2.75) is 20.4 Å². The van der Waals surface area contributed by atoms with Gasteiger partial charge >= 0.3 is 0 Å². The van der Waals surface area contributed by atoms with Crippen LogP contribution in [0.2, 0.25) is 0 Å². The molecule has 0 atom stereocenters. The van der Waals surface area contributed by atoms with Gasteiger partial charge in [0.05, 0.1) is 33.1 Å². The Morgan fingerprint density at radius 2 is 1.75 bits per heavy atom. The fraction of sp³-hybridized carbons (Fsp3) is 0.333. The Balaban J connectivity index is 2.33. The molecule has 0 amide bonds. The quantitative estimate of drug-likeness (QED) is 0.576. The Hall–Kier alpha value is -2.76. The fourth-order valence-corrected chi connectivity index (χ4v) is 2.45. The first-order chi connectivity index (χ1) is 11.5. The Kier molecular flexibility index (Phi) is 5.63. The van der Waals surface area contributed by atoms with E-state index >= 15 is 0 Å². The normalized spacial score (nSPS) is 10.9. The van der Waals surface area contributed by atoms with E-state index in [0.717, 1.165) is 17.8 Å². The van der Waals surface area contributed by atoms with Crippen LogP contribution in [0.25, 0.3) is 6.08 Å². The van der Waals surface area contributed by atoms with Crippen molar-refractivity contribution in [3.8, 4) is 17.2 Å². The maximum Gasteiger partial charge on any atom is 0.189 e. The number of aryl methyl sites for hydroxylation is 1. The summed E-state index contributed by atoms with van der Waals surface area (Å²) in [7, 11) is 4.69. The molecule has 0 radical (unpaired) electrons. The largest absolute Gasteiger partial charge is 0.496 e. The van der Waals surface area contributed by atoms with Gasteiger partial charge in [0.15, 0.2) is 17.3 Å². The summed E-state index contributed by atoms with van der Waals surface area (Å²) in [5, 5.41) is 4.19. The minimum atomic E-state index is -0.107. The maximum absolute atomic E-state index is 12.4. The van der Waals surface area contributed by atoms with Gasteiger partial charge in [0.1, 0.15) is 5.75 Å². The van der Waals surface area contributed by atoms with Crippen LogP contribution in [0.5, 0.6) is 17.2 Å². The van der Waals surface area contributed by atoms with Crippen LogP contribution in [0, 0.1) is 6.92 Å². The number of ketones is 1. The van der Waals surface area contributed by atoms with Gasteiger partial charge in [-0.25, -0.2) is 0 Å². The summed E-state index contributed by atoms with van der Waals surface area (Å²) in [6, 6.07) is 3.49. The molecule has 1 aromatic heterocycles. The van der Waals surface area contributed by atoms with E-state index in [1.54, 1.807) is 50.4 Å². The third-order valence-electron chi connectivity index (χ3n) is 3.82. The molecule has 0 fully saturated rings. The van der Waals surface area contributed by atoms with Crippen LogP contribution in [0.1, 0.15) is 28.5 Å². The van der Waals surface area contributed by atoms with Crippen molar-refractivity contribution in [2.75, 3.05) is 21.3 Å². The van der Waals surface area contributed by atoms with Crippen molar-refractivity contribution in [3.05, 3.63) is 41.2 Å². The van der Waals surface area contributed by atoms with Crippen LogP contribution in [-0.4, -0.2) is 36.9 Å². The second-order valence-corrected chi connectivity index (χ2v) is 5.11. The number of hydrogen-bond acceptors (Lipinski definition) is 5. The number of carbonyl (C=O) groups excluding carboxylic acids is 1. The monoisotopic (exact) mass is 330 g/mol. The molecule has 0 saturated heterocycles. The lowest BCUT2D eigenvalue weighted by Crippen LogP contribution is -2.01. The zero-order valence-corrected chi connectivity index (χ0v) is 14.6. The van der Waals surface area contributed by atoms with Crippen molar-refractivity contribution in [1.82, 2.24) is 9.78 Å². The molecule has 0 unspecified atom stereocenters. The molecule has 24 heavy (non-hydrogen) atoms. The fourth-order valence-electron chi connectivity index (χ4n) is 2.45. The lowest BCUT2D eigenvalue weighted by Gasteiger charge is -2.12. The van der Waals surface area contributed by atoms with Crippen molar-refractivity contribution in [1.29, 1.82) is 0 Å². The number of rotatable bonds is 7. The highest BCUT2D eigenvalue weighted by Gasteiger charge is 2.13. The van der Waals surface area contributed by atoms with E-state index in [4.69, 9.17) is 14.2 Å². The standard InChI is InChI=1S/C18H22N2O4/c1-6-20-12(2)14(11-19-20)15(21)8-7-13-9-17(23-4)18(24-5)10-16(13)22-3/h7-11H,6H2,1-5H3/b8-7+. The zero-order chi connectivity index (χ0) is 17.7. The van der Waals surface area contributed by atoms with E-state index in [1.807, 2.05) is 13.8 Å². The SMILES string of the molecule is CCn1ncc(C(=O)/C=C/c2cc(OC)c(OC)cc2OC)c1C. The third-order valence-corrected chi connectivity index (χ3v) is 3.82. The highest BCUT2D eigenvalue weighted by molar-refractivity contribution is 6.07. The van der Waals surface area contributed by atoms with Crippen LogP contribution in [-0.2, 0) is 6.54 Å². The van der Waals surface area contributed by atoms with Gasteiger partial charge in [-0.3, -0.25) is 9.48 Å². The minimum Gasteiger partial charge on any atom is -0.496 e. The first kappa shape index (κ1) is 17.6. The minimum absolute atomic E-state index is 0.107. The van der Waals surface area contributed by atoms with Crippen molar-refractivity contribution < 1.29 is 19.0 Å². The maximum atomic E-state index is 12.4. The van der Waals surface area contributed by atoms with Gasteiger partial charge in [0.2, 0.25) is 0 Å². The van der Waals surface area contributed by atoms with Crippen LogP contribution < -0.4 is 14.2 Å². The number of nitrogens with zero attached hydrogens (tertiary/aromatic N) is 2. The van der Waals surface area contributed by atoms with Crippen molar-refractivity contribution in [3.63, 3.8) is 0 Å². The molecular weight excluding hydrogens is 308 g/mol. The second kappa shape index (κ2) is 7.68. The smallest absolute Gasteiger partial charge is 0.189 e. The van der Waals surface area contributed by atoms with Gasteiger partial charge in [-0.15, -0.1) is 0 Å². The molecule has 0 spiro atoms. The number of hydrogen-bond donors (Lipinski definition) is 0. The van der Waals surface area contributed by atoms with Crippen LogP contribution in [0.3, 0.4) is 0 Å². The van der Waals surface area contributed by atoms with E-state index in [-0.39, 0.29) is 5.78 Å². The summed E-state index contributed by atoms with van der Waals surface area (Å²) in [5.74, 6) is 1.62. The summed E-state index contributed by atoms with van der Waals surface area (Å²) < 4.78 is 17.7. The highest BCUT2D eigenvalue weighted by atomic mass is 16.5. The molecule has 0 aliphatic rings. The lowest BCUT2D eigenvalue weighted by atomic mass is 10.1. The molecule has 6 heteroatoms. The molecule has 0 N–H and O–H groups in total. The van der Waals surface area contributed by atoms with Gasteiger partial charge in [-0.2, -0.15) is 5.10 Å². The van der Waals surface area contributed by atoms with Gasteiger partial charge in [0, 0.05) is 23.9 Å². The molecule has 0 saturated carbocycles. The second-order valence-electron chi connectivity index (χ2n) is 5.11. The first-order valence-electron chi connectivity index (χ1n) is 7.60. The molecule has 1 heterocycles. The van der Waals surface area contributed by atoms with Gasteiger partial charge in [-0.05, 0) is 32.1 Å². The molecule has 1 aromatic carbocycles. The van der Waals surface area contributed by atoms with E-state index in [0.29, 0.717) is 22.8 Å². The van der Waals surface area contributed by atoms with Crippen LogP contribution in [0.15, 0.2) is 24.4 Å². The Labute approximate surface area is 141 Å². The lowest BCUT2D eigenvalue weighted by molar-refractivity contribution is 0.104. The Bertz CT molecular complexity index is 763. The molecule has 0 bridgehead atoms. The Morgan fingerprint density at radius 1 is 1.12 bits per heavy atom. The molecule has 2 rings (SSSR count). The molecule has 6 nitrogen and oxygen atoms in total. The Morgan fingerprint density at radius 3 is 2.29 bits per heavy atom. The summed E-state index contributed by atoms with van der Waals surface area (Å²) in [5.41, 5.74) is 2.17.